The summed E-state index contributed by atoms with van der Waals surface area (Å²) in [5.74, 6) is 0.222. The van der Waals surface area contributed by atoms with Gasteiger partial charge < -0.3 is 9.80 Å². The van der Waals surface area contributed by atoms with Gasteiger partial charge in [0.15, 0.2) is 5.12 Å². The van der Waals surface area contributed by atoms with Crippen molar-refractivity contribution in [3.63, 3.8) is 0 Å². The lowest BCUT2D eigenvalue weighted by atomic mass is 10.2. The minimum absolute atomic E-state index is 0.120. The molecule has 1 atom stereocenters. The average Bonchev–Trinajstić information content (AvgIpc) is 2.61. The first kappa shape index (κ1) is 15.8. The highest BCUT2D eigenvalue weighted by Crippen LogP contribution is 2.24. The van der Waals surface area contributed by atoms with Crippen molar-refractivity contribution in [3.8, 4) is 0 Å². The molecule has 0 aromatic carbocycles. The van der Waals surface area contributed by atoms with Crippen LogP contribution in [0.4, 0.5) is 0 Å². The first-order valence-electron chi connectivity index (χ1n) is 7.82. The Bertz CT molecular complexity index is 341. The molecule has 114 valence electrons. The maximum absolute atomic E-state index is 11.9. The minimum Gasteiger partial charge on any atom is -0.341 e. The van der Waals surface area contributed by atoms with Gasteiger partial charge in [0.05, 0.1) is 0 Å². The Balaban J connectivity index is 1.66. The van der Waals surface area contributed by atoms with E-state index in [0.29, 0.717) is 6.42 Å². The van der Waals surface area contributed by atoms with Crippen LogP contribution in [0.15, 0.2) is 0 Å². The SMILES string of the molecule is CC(=O)SC1CC(=O)N(CCCN2CCCCCC2)C1. The highest BCUT2D eigenvalue weighted by molar-refractivity contribution is 8.14. The number of hydrogen-bond acceptors (Lipinski definition) is 4. The third kappa shape index (κ3) is 5.09. The Morgan fingerprint density at radius 3 is 2.55 bits per heavy atom. The Morgan fingerprint density at radius 2 is 1.90 bits per heavy atom. The molecule has 2 aliphatic rings. The minimum atomic E-state index is 0.120. The maximum atomic E-state index is 11.9. The van der Waals surface area contributed by atoms with Crippen LogP contribution in [-0.4, -0.2) is 58.8 Å². The Kier molecular flexibility index (Phi) is 6.36. The van der Waals surface area contributed by atoms with Crippen molar-refractivity contribution in [1.29, 1.82) is 0 Å². The van der Waals surface area contributed by atoms with E-state index in [0.717, 1.165) is 26.1 Å². The van der Waals surface area contributed by atoms with Crippen molar-refractivity contribution in [1.82, 2.24) is 9.80 Å². The van der Waals surface area contributed by atoms with Crippen LogP contribution < -0.4 is 0 Å². The summed E-state index contributed by atoms with van der Waals surface area (Å²) in [5.41, 5.74) is 0. The molecule has 0 aromatic rings. The summed E-state index contributed by atoms with van der Waals surface area (Å²) in [4.78, 5) is 27.5. The molecule has 2 aliphatic heterocycles. The fourth-order valence-electron chi connectivity index (χ4n) is 3.11. The predicted octanol–water partition coefficient (Wildman–Crippen LogP) is 2.13. The molecule has 0 N–H and O–H groups in total. The zero-order valence-electron chi connectivity index (χ0n) is 12.5. The fourth-order valence-corrected chi connectivity index (χ4v) is 4.06. The first-order chi connectivity index (χ1) is 9.65. The molecule has 0 aromatic heterocycles. The summed E-state index contributed by atoms with van der Waals surface area (Å²) < 4.78 is 0. The van der Waals surface area contributed by atoms with Gasteiger partial charge in [0, 0.05) is 31.7 Å². The van der Waals surface area contributed by atoms with E-state index in [1.165, 1.54) is 50.5 Å². The number of hydrogen-bond donors (Lipinski definition) is 0. The van der Waals surface area contributed by atoms with E-state index in [-0.39, 0.29) is 16.3 Å². The van der Waals surface area contributed by atoms with Crippen molar-refractivity contribution in [2.45, 2.75) is 50.7 Å². The lowest BCUT2D eigenvalue weighted by molar-refractivity contribution is -0.127. The highest BCUT2D eigenvalue weighted by atomic mass is 32.2. The van der Waals surface area contributed by atoms with E-state index >= 15 is 0 Å². The maximum Gasteiger partial charge on any atom is 0.223 e. The smallest absolute Gasteiger partial charge is 0.223 e. The Morgan fingerprint density at radius 1 is 1.20 bits per heavy atom. The second-order valence-corrected chi connectivity index (χ2v) is 7.36. The molecule has 2 heterocycles. The van der Waals surface area contributed by atoms with Gasteiger partial charge in [-0.25, -0.2) is 0 Å². The summed E-state index contributed by atoms with van der Waals surface area (Å²) in [6.45, 7) is 6.73. The Hall–Kier alpha value is -0.550. The number of nitrogens with zero attached hydrogens (tertiary/aromatic N) is 2. The molecule has 5 heteroatoms. The third-order valence-electron chi connectivity index (χ3n) is 4.11. The number of carbonyl (C=O) groups excluding carboxylic acids is 2. The molecule has 0 saturated carbocycles. The van der Waals surface area contributed by atoms with E-state index < -0.39 is 0 Å². The van der Waals surface area contributed by atoms with Crippen molar-refractivity contribution in [2.24, 2.45) is 0 Å². The number of likely N-dealkylation sites (tertiary alicyclic amines) is 2. The van der Waals surface area contributed by atoms with Crippen LogP contribution in [-0.2, 0) is 9.59 Å². The Labute approximate surface area is 126 Å². The van der Waals surface area contributed by atoms with Gasteiger partial charge in [-0.15, -0.1) is 0 Å². The molecule has 0 aliphatic carbocycles. The highest BCUT2D eigenvalue weighted by Gasteiger charge is 2.30. The lowest BCUT2D eigenvalue weighted by Gasteiger charge is -2.22. The zero-order valence-corrected chi connectivity index (χ0v) is 13.3. The van der Waals surface area contributed by atoms with Gasteiger partial charge in [0.1, 0.15) is 0 Å². The largest absolute Gasteiger partial charge is 0.341 e. The second kappa shape index (κ2) is 8.03. The molecule has 0 radical (unpaired) electrons. The van der Waals surface area contributed by atoms with E-state index in [9.17, 15) is 9.59 Å². The van der Waals surface area contributed by atoms with Gasteiger partial charge in [-0.3, -0.25) is 9.59 Å². The molecule has 0 spiro atoms. The van der Waals surface area contributed by atoms with Crippen molar-refractivity contribution in [2.75, 3.05) is 32.7 Å². The standard InChI is InChI=1S/C15H26N2O2S/c1-13(18)20-14-11-15(19)17(12-14)10-6-9-16-7-4-2-3-5-8-16/h14H,2-12H2,1H3. The summed E-state index contributed by atoms with van der Waals surface area (Å²) >= 11 is 1.32. The van der Waals surface area contributed by atoms with Crippen LogP contribution in [0.5, 0.6) is 0 Å². The molecule has 2 fully saturated rings. The van der Waals surface area contributed by atoms with Crippen LogP contribution in [0.25, 0.3) is 0 Å². The summed E-state index contributed by atoms with van der Waals surface area (Å²) in [5, 5.41) is 0.299. The van der Waals surface area contributed by atoms with E-state index in [1.54, 1.807) is 6.92 Å². The normalized spacial score (nSPS) is 24.9. The molecule has 0 bridgehead atoms. The number of amides is 1. The molecule has 2 rings (SSSR count). The van der Waals surface area contributed by atoms with Crippen molar-refractivity contribution >= 4 is 22.8 Å². The third-order valence-corrected chi connectivity index (χ3v) is 5.09. The summed E-state index contributed by atoms with van der Waals surface area (Å²) in [7, 11) is 0. The van der Waals surface area contributed by atoms with E-state index in [2.05, 4.69) is 4.90 Å². The molecule has 1 amide bonds. The average molecular weight is 298 g/mol. The fraction of sp³-hybridized carbons (Fsp3) is 0.867. The summed E-state index contributed by atoms with van der Waals surface area (Å²) in [6, 6.07) is 0. The van der Waals surface area contributed by atoms with Crippen LogP contribution >= 0.6 is 11.8 Å². The van der Waals surface area contributed by atoms with Crippen molar-refractivity contribution in [3.05, 3.63) is 0 Å². The van der Waals surface area contributed by atoms with Gasteiger partial charge in [-0.1, -0.05) is 24.6 Å². The van der Waals surface area contributed by atoms with Crippen LogP contribution in [0.3, 0.4) is 0 Å². The molecule has 20 heavy (non-hydrogen) atoms. The van der Waals surface area contributed by atoms with Gasteiger partial charge in [-0.05, 0) is 38.9 Å². The zero-order chi connectivity index (χ0) is 14.4. The second-order valence-electron chi connectivity index (χ2n) is 5.88. The molecule has 2 saturated heterocycles. The first-order valence-corrected chi connectivity index (χ1v) is 8.70. The number of carbonyl (C=O) groups is 2. The quantitative estimate of drug-likeness (QED) is 0.779. The molecular weight excluding hydrogens is 272 g/mol. The molecular formula is C15H26N2O2S. The van der Waals surface area contributed by atoms with Gasteiger partial charge in [0.2, 0.25) is 5.91 Å². The van der Waals surface area contributed by atoms with Gasteiger partial charge in [0.25, 0.3) is 0 Å². The molecule has 4 nitrogen and oxygen atoms in total. The van der Waals surface area contributed by atoms with E-state index in [1.807, 2.05) is 4.90 Å². The topological polar surface area (TPSA) is 40.6 Å². The predicted molar refractivity (Wildman–Crippen MR) is 82.8 cm³/mol. The number of thioether (sulfide) groups is 1. The van der Waals surface area contributed by atoms with Gasteiger partial charge in [-0.2, -0.15) is 0 Å². The molecule has 1 unspecified atom stereocenters. The van der Waals surface area contributed by atoms with Gasteiger partial charge >= 0.3 is 0 Å². The van der Waals surface area contributed by atoms with E-state index in [4.69, 9.17) is 0 Å². The number of rotatable bonds is 5. The lowest BCUT2D eigenvalue weighted by Crippen LogP contribution is -2.31. The van der Waals surface area contributed by atoms with Crippen LogP contribution in [0.1, 0.15) is 45.4 Å². The van der Waals surface area contributed by atoms with Crippen LogP contribution in [0.2, 0.25) is 0 Å². The monoisotopic (exact) mass is 298 g/mol. The summed E-state index contributed by atoms with van der Waals surface area (Å²) in [6.07, 6.45) is 6.97. The van der Waals surface area contributed by atoms with Crippen molar-refractivity contribution < 1.29 is 9.59 Å². The van der Waals surface area contributed by atoms with Crippen LogP contribution in [0, 0.1) is 0 Å².